The molecule has 2 heterocycles. The van der Waals surface area contributed by atoms with Gasteiger partial charge >= 0.3 is 0 Å². The summed E-state index contributed by atoms with van der Waals surface area (Å²) in [6, 6.07) is 24.4. The van der Waals surface area contributed by atoms with E-state index in [1.165, 1.54) is 0 Å². The summed E-state index contributed by atoms with van der Waals surface area (Å²) in [6.45, 7) is 0. The highest BCUT2D eigenvalue weighted by Crippen LogP contribution is 2.31. The van der Waals surface area contributed by atoms with Gasteiger partial charge < -0.3 is 0 Å². The van der Waals surface area contributed by atoms with Crippen LogP contribution in [0.5, 0.6) is 0 Å². The monoisotopic (exact) mass is 427 g/mol. The van der Waals surface area contributed by atoms with Crippen LogP contribution < -0.4 is 5.56 Å². The van der Waals surface area contributed by atoms with Gasteiger partial charge in [-0.2, -0.15) is 5.26 Å². The van der Waals surface area contributed by atoms with E-state index >= 15 is 0 Å². The van der Waals surface area contributed by atoms with Gasteiger partial charge in [-0.3, -0.25) is 14.3 Å². The molecule has 0 atom stereocenters. The summed E-state index contributed by atoms with van der Waals surface area (Å²) < 4.78 is 2.22. The summed E-state index contributed by atoms with van der Waals surface area (Å²) in [5.41, 5.74) is 3.82. The minimum absolute atomic E-state index is 0.165. The molecule has 0 bridgehead atoms. The average Bonchev–Trinajstić information content (AvgIpc) is 2.75. The third kappa shape index (κ3) is 3.26. The maximum atomic E-state index is 13.3. The highest BCUT2D eigenvalue weighted by atomic mass is 79.9. The highest BCUT2D eigenvalue weighted by molar-refractivity contribution is 9.10. The zero-order chi connectivity index (χ0) is 19.5. The molecule has 134 valence electrons. The lowest BCUT2D eigenvalue weighted by Crippen LogP contribution is -2.20. The normalized spacial score (nSPS) is 10.4. The first kappa shape index (κ1) is 17.9. The molecular formula is C23H14BrN3O. The molecule has 5 heteroatoms. The third-order valence-electron chi connectivity index (χ3n) is 4.42. The molecule has 4 nitrogen and oxygen atoms in total. The van der Waals surface area contributed by atoms with Crippen LogP contribution >= 0.6 is 15.9 Å². The molecule has 0 saturated carbocycles. The zero-order valence-electron chi connectivity index (χ0n) is 14.7. The van der Waals surface area contributed by atoms with Crippen LogP contribution in [0.25, 0.3) is 28.1 Å². The molecule has 0 saturated heterocycles. The first-order chi connectivity index (χ1) is 13.7. The lowest BCUT2D eigenvalue weighted by Gasteiger charge is -2.13. The summed E-state index contributed by atoms with van der Waals surface area (Å²) in [7, 11) is 0. The molecule has 0 aliphatic heterocycles. The number of rotatable bonds is 3. The molecule has 2 aromatic carbocycles. The molecule has 28 heavy (non-hydrogen) atoms. The van der Waals surface area contributed by atoms with Crippen molar-refractivity contribution in [1.82, 2.24) is 9.55 Å². The fourth-order valence-corrected chi connectivity index (χ4v) is 3.62. The van der Waals surface area contributed by atoms with Crippen molar-refractivity contribution in [2.45, 2.75) is 0 Å². The van der Waals surface area contributed by atoms with Crippen molar-refractivity contribution in [1.29, 1.82) is 5.26 Å². The number of aromatic nitrogens is 2. The van der Waals surface area contributed by atoms with Crippen LogP contribution in [0.4, 0.5) is 0 Å². The molecule has 0 radical (unpaired) electrons. The van der Waals surface area contributed by atoms with Gasteiger partial charge in [0.1, 0.15) is 6.07 Å². The van der Waals surface area contributed by atoms with Gasteiger partial charge in [0.2, 0.25) is 0 Å². The fraction of sp³-hybridized carbons (Fsp3) is 0. The third-order valence-corrected chi connectivity index (χ3v) is 5.28. The van der Waals surface area contributed by atoms with Crippen molar-refractivity contribution in [2.75, 3.05) is 0 Å². The second-order valence-corrected chi connectivity index (χ2v) is 6.94. The van der Waals surface area contributed by atoms with E-state index in [2.05, 4.69) is 27.0 Å². The van der Waals surface area contributed by atoms with Crippen LogP contribution in [-0.2, 0) is 0 Å². The van der Waals surface area contributed by atoms with Crippen molar-refractivity contribution >= 4 is 15.9 Å². The van der Waals surface area contributed by atoms with Crippen molar-refractivity contribution in [2.24, 2.45) is 0 Å². The van der Waals surface area contributed by atoms with Gasteiger partial charge in [-0.25, -0.2) is 0 Å². The Labute approximate surface area is 170 Å². The van der Waals surface area contributed by atoms with E-state index in [1.807, 2.05) is 60.7 Å². The van der Waals surface area contributed by atoms with E-state index in [9.17, 15) is 10.1 Å². The van der Waals surface area contributed by atoms with E-state index in [0.29, 0.717) is 21.2 Å². The quantitative estimate of drug-likeness (QED) is 0.451. The smallest absolute Gasteiger partial charge is 0.263 e. The second-order valence-electron chi connectivity index (χ2n) is 6.15. The molecule has 4 rings (SSSR count). The number of nitrogens with zero attached hydrogens (tertiary/aromatic N) is 3. The summed E-state index contributed by atoms with van der Waals surface area (Å²) in [5.74, 6) is 0. The van der Waals surface area contributed by atoms with Crippen LogP contribution in [0.2, 0.25) is 0 Å². The number of pyridine rings is 2. The maximum Gasteiger partial charge on any atom is 0.263 e. The van der Waals surface area contributed by atoms with Gasteiger partial charge in [-0.15, -0.1) is 0 Å². The topological polar surface area (TPSA) is 58.7 Å². The van der Waals surface area contributed by atoms with Crippen LogP contribution in [0.3, 0.4) is 0 Å². The predicted molar refractivity (Wildman–Crippen MR) is 113 cm³/mol. The Morgan fingerprint density at radius 2 is 1.71 bits per heavy atom. The number of hydrogen-bond donors (Lipinski definition) is 0. The van der Waals surface area contributed by atoms with E-state index in [4.69, 9.17) is 0 Å². The lowest BCUT2D eigenvalue weighted by molar-refractivity contribution is 0.993. The molecule has 0 unspecified atom stereocenters. The number of nitriles is 1. The Balaban J connectivity index is 2.04. The first-order valence-electron chi connectivity index (χ1n) is 8.61. The Morgan fingerprint density at radius 3 is 2.43 bits per heavy atom. The summed E-state index contributed by atoms with van der Waals surface area (Å²) >= 11 is 3.49. The van der Waals surface area contributed by atoms with Gasteiger partial charge in [0, 0.05) is 39.2 Å². The largest absolute Gasteiger partial charge is 0.283 e. The van der Waals surface area contributed by atoms with E-state index in [1.54, 1.807) is 29.1 Å². The predicted octanol–water partition coefficient (Wildman–Crippen LogP) is 5.20. The molecule has 4 aromatic rings. The molecule has 0 N–H and O–H groups in total. The Hall–Kier alpha value is -3.49. The molecule has 2 aromatic heterocycles. The zero-order valence-corrected chi connectivity index (χ0v) is 16.3. The number of halogens is 1. The first-order valence-corrected chi connectivity index (χ1v) is 9.41. The summed E-state index contributed by atoms with van der Waals surface area (Å²) in [6.07, 6.45) is 3.52. The van der Waals surface area contributed by atoms with Crippen molar-refractivity contribution in [3.63, 3.8) is 0 Å². The SMILES string of the molecule is N#Cc1cccc(-c2cc(-c3ccccn3)cn(-c3ccccc3)c2=O)c1Br. The Morgan fingerprint density at radius 1 is 0.929 bits per heavy atom. The average molecular weight is 428 g/mol. The van der Waals surface area contributed by atoms with Crippen molar-refractivity contribution in [3.8, 4) is 34.1 Å². The number of hydrogen-bond acceptors (Lipinski definition) is 3. The minimum atomic E-state index is -0.165. The van der Waals surface area contributed by atoms with E-state index < -0.39 is 0 Å². The van der Waals surface area contributed by atoms with E-state index in [-0.39, 0.29) is 5.56 Å². The lowest BCUT2D eigenvalue weighted by atomic mass is 10.0. The van der Waals surface area contributed by atoms with Gasteiger partial charge in [0.25, 0.3) is 5.56 Å². The molecule has 0 amide bonds. The molecule has 0 aliphatic carbocycles. The molecule has 0 spiro atoms. The van der Waals surface area contributed by atoms with Crippen LogP contribution in [0.1, 0.15) is 5.56 Å². The molecule has 0 fully saturated rings. The Kier molecular flexibility index (Phi) is 4.88. The van der Waals surface area contributed by atoms with Crippen LogP contribution in [-0.4, -0.2) is 9.55 Å². The van der Waals surface area contributed by atoms with Crippen LogP contribution in [0.15, 0.2) is 94.5 Å². The van der Waals surface area contributed by atoms with Gasteiger partial charge in [0.05, 0.1) is 11.3 Å². The summed E-state index contributed by atoms with van der Waals surface area (Å²) in [4.78, 5) is 17.8. The Bertz CT molecular complexity index is 1240. The number of para-hydroxylation sites is 1. The standard InChI is InChI=1S/C23H14BrN3O/c24-22-16(14-25)7-6-10-19(22)20-13-17(21-11-4-5-12-26-21)15-27(23(20)28)18-8-2-1-3-9-18/h1-13,15H. The molecule has 0 aliphatic rings. The summed E-state index contributed by atoms with van der Waals surface area (Å²) in [5, 5.41) is 9.35. The minimum Gasteiger partial charge on any atom is -0.283 e. The van der Waals surface area contributed by atoms with Gasteiger partial charge in [-0.1, -0.05) is 36.4 Å². The number of benzene rings is 2. The molecular weight excluding hydrogens is 414 g/mol. The maximum absolute atomic E-state index is 13.3. The van der Waals surface area contributed by atoms with Crippen molar-refractivity contribution < 1.29 is 0 Å². The van der Waals surface area contributed by atoms with Crippen molar-refractivity contribution in [3.05, 3.63) is 106 Å². The van der Waals surface area contributed by atoms with Gasteiger partial charge in [0.15, 0.2) is 0 Å². The fourth-order valence-electron chi connectivity index (χ4n) is 3.06. The second kappa shape index (κ2) is 7.63. The highest BCUT2D eigenvalue weighted by Gasteiger charge is 2.15. The van der Waals surface area contributed by atoms with Crippen LogP contribution in [0, 0.1) is 11.3 Å². The van der Waals surface area contributed by atoms with Gasteiger partial charge in [-0.05, 0) is 52.3 Å². The van der Waals surface area contributed by atoms with E-state index in [0.717, 1.165) is 16.9 Å².